The lowest BCUT2D eigenvalue weighted by Gasteiger charge is -2.25. The van der Waals surface area contributed by atoms with Gasteiger partial charge in [0, 0.05) is 32.8 Å². The van der Waals surface area contributed by atoms with Gasteiger partial charge < -0.3 is 14.4 Å². The van der Waals surface area contributed by atoms with Gasteiger partial charge >= 0.3 is 0 Å². The summed E-state index contributed by atoms with van der Waals surface area (Å²) in [5.41, 5.74) is 2.90. The summed E-state index contributed by atoms with van der Waals surface area (Å²) in [5, 5.41) is 1.96. The Kier molecular flexibility index (Phi) is 18.1. The zero-order valence-electron chi connectivity index (χ0n) is 20.8. The third-order valence-corrected chi connectivity index (χ3v) is 5.52. The van der Waals surface area contributed by atoms with Crippen LogP contribution in [0.4, 0.5) is 0 Å². The second-order valence-electron chi connectivity index (χ2n) is 8.82. The van der Waals surface area contributed by atoms with Crippen molar-refractivity contribution in [3.05, 3.63) is 24.7 Å². The number of hydrogen-bond donors (Lipinski definition) is 1. The average Bonchev–Trinajstić information content (AvgIpc) is 2.69. The molecule has 0 aromatic carbocycles. The number of hydroxylamine groups is 3. The van der Waals surface area contributed by atoms with Crippen LogP contribution in [0.2, 0.25) is 0 Å². The van der Waals surface area contributed by atoms with E-state index in [0.29, 0.717) is 17.4 Å². The van der Waals surface area contributed by atoms with E-state index in [0.717, 1.165) is 57.5 Å². The summed E-state index contributed by atoms with van der Waals surface area (Å²) in [6.45, 7) is 24.6. The smallest absolute Gasteiger partial charge is 0.114 e. The van der Waals surface area contributed by atoms with E-state index in [-0.39, 0.29) is 0 Å². The second-order valence-corrected chi connectivity index (χ2v) is 8.82. The lowest BCUT2D eigenvalue weighted by Crippen LogP contribution is -2.29. The van der Waals surface area contributed by atoms with Gasteiger partial charge in [0.05, 0.1) is 0 Å². The number of allylic oxidation sites excluding steroid dienone is 2. The molecule has 0 radical (unpaired) electrons. The van der Waals surface area contributed by atoms with Crippen LogP contribution < -0.4 is 5.48 Å². The summed E-state index contributed by atoms with van der Waals surface area (Å²) in [6, 6.07) is 0. The van der Waals surface area contributed by atoms with E-state index in [4.69, 9.17) is 14.4 Å². The molecule has 30 heavy (non-hydrogen) atoms. The Morgan fingerprint density at radius 1 is 0.967 bits per heavy atom. The minimum Gasteiger partial charge on any atom is -0.414 e. The number of nitrogens with one attached hydrogen (secondary N) is 1. The number of nitrogens with zero attached hydrogens (tertiary/aromatic N) is 1. The highest BCUT2D eigenvalue weighted by molar-refractivity contribution is 4.73. The molecule has 0 aromatic rings. The molecule has 5 heteroatoms. The Bertz CT molecular complexity index is 442. The van der Waals surface area contributed by atoms with E-state index in [1.165, 1.54) is 32.1 Å². The molecule has 0 fully saturated rings. The first-order valence-electron chi connectivity index (χ1n) is 12.0. The van der Waals surface area contributed by atoms with Gasteiger partial charge in [0.25, 0.3) is 0 Å². The average molecular weight is 427 g/mol. The summed E-state index contributed by atoms with van der Waals surface area (Å²) in [4.78, 5) is 10.9. The first-order chi connectivity index (χ1) is 14.3. The highest BCUT2D eigenvalue weighted by atomic mass is 16.7. The molecule has 5 nitrogen and oxygen atoms in total. The maximum Gasteiger partial charge on any atom is 0.114 e. The molecule has 3 unspecified atom stereocenters. The summed E-state index contributed by atoms with van der Waals surface area (Å²) in [7, 11) is 0. The highest BCUT2D eigenvalue weighted by Crippen LogP contribution is 2.25. The lowest BCUT2D eigenvalue weighted by atomic mass is 9.85. The Morgan fingerprint density at radius 3 is 2.27 bits per heavy atom. The zero-order chi connectivity index (χ0) is 22.8. The van der Waals surface area contributed by atoms with Crippen LogP contribution >= 0.6 is 0 Å². The van der Waals surface area contributed by atoms with Crippen LogP contribution in [0, 0.1) is 17.8 Å². The van der Waals surface area contributed by atoms with Gasteiger partial charge in [0.15, 0.2) is 0 Å². The number of ether oxygens (including phenoxy) is 1. The van der Waals surface area contributed by atoms with Crippen LogP contribution in [0.15, 0.2) is 24.7 Å². The first kappa shape index (κ1) is 29.0. The van der Waals surface area contributed by atoms with Crippen molar-refractivity contribution in [3.63, 3.8) is 0 Å². The van der Waals surface area contributed by atoms with E-state index in [1.807, 2.05) is 18.9 Å². The molecule has 0 saturated carbocycles. The fourth-order valence-corrected chi connectivity index (χ4v) is 3.39. The van der Waals surface area contributed by atoms with E-state index in [1.54, 1.807) is 0 Å². The Balaban J connectivity index is 4.16. The van der Waals surface area contributed by atoms with Crippen LogP contribution in [0.1, 0.15) is 86.5 Å². The molecule has 1 N–H and O–H groups in total. The summed E-state index contributed by atoms with van der Waals surface area (Å²) in [5.74, 6) is 3.60. The van der Waals surface area contributed by atoms with Gasteiger partial charge in [0.1, 0.15) is 11.5 Å². The van der Waals surface area contributed by atoms with Crippen molar-refractivity contribution in [2.75, 3.05) is 32.8 Å². The quantitative estimate of drug-likeness (QED) is 0.129. The van der Waals surface area contributed by atoms with Crippen molar-refractivity contribution in [3.8, 4) is 0 Å². The van der Waals surface area contributed by atoms with Gasteiger partial charge in [-0.15, -0.1) is 5.06 Å². The van der Waals surface area contributed by atoms with Crippen LogP contribution in [0.25, 0.3) is 0 Å². The van der Waals surface area contributed by atoms with Crippen molar-refractivity contribution in [1.29, 1.82) is 0 Å². The molecular formula is C25H50N2O3. The highest BCUT2D eigenvalue weighted by Gasteiger charge is 2.17. The SMILES string of the molecule is C=C(C)ONCCCN(CCCOCC(CCC)C(C)CCC(C)CC)OC(=C)C. The maximum absolute atomic E-state index is 6.08. The van der Waals surface area contributed by atoms with Crippen molar-refractivity contribution >= 4 is 0 Å². The molecule has 0 rings (SSSR count). The summed E-state index contributed by atoms with van der Waals surface area (Å²) in [6.07, 6.45) is 8.26. The lowest BCUT2D eigenvalue weighted by molar-refractivity contribution is -0.123. The fourth-order valence-electron chi connectivity index (χ4n) is 3.39. The summed E-state index contributed by atoms with van der Waals surface area (Å²) < 4.78 is 6.08. The number of rotatable bonds is 21. The largest absolute Gasteiger partial charge is 0.414 e. The van der Waals surface area contributed by atoms with Crippen LogP contribution in [-0.2, 0) is 14.4 Å². The van der Waals surface area contributed by atoms with Crippen LogP contribution in [0.3, 0.4) is 0 Å². The maximum atomic E-state index is 6.08. The topological polar surface area (TPSA) is 43.0 Å². The third kappa shape index (κ3) is 16.7. The molecule has 0 aromatic heterocycles. The summed E-state index contributed by atoms with van der Waals surface area (Å²) >= 11 is 0. The molecule has 0 spiro atoms. The van der Waals surface area contributed by atoms with Crippen molar-refractivity contribution < 1.29 is 14.4 Å². The van der Waals surface area contributed by atoms with E-state index in [2.05, 4.69) is 46.3 Å². The minimum atomic E-state index is 0.665. The Labute approximate surface area is 187 Å². The predicted octanol–water partition coefficient (Wildman–Crippen LogP) is 6.48. The minimum absolute atomic E-state index is 0.665. The van der Waals surface area contributed by atoms with Crippen LogP contribution in [-0.4, -0.2) is 37.9 Å². The van der Waals surface area contributed by atoms with Gasteiger partial charge in [-0.3, -0.25) is 0 Å². The molecule has 0 aliphatic carbocycles. The fraction of sp³-hybridized carbons (Fsp3) is 0.840. The van der Waals surface area contributed by atoms with Gasteiger partial charge in [0.2, 0.25) is 0 Å². The van der Waals surface area contributed by atoms with E-state index >= 15 is 0 Å². The molecular weight excluding hydrogens is 376 g/mol. The van der Waals surface area contributed by atoms with Crippen molar-refractivity contribution in [2.24, 2.45) is 17.8 Å². The van der Waals surface area contributed by atoms with Crippen LogP contribution in [0.5, 0.6) is 0 Å². The molecule has 3 atom stereocenters. The molecule has 0 aliphatic rings. The normalized spacial score (nSPS) is 14.4. The van der Waals surface area contributed by atoms with E-state index < -0.39 is 0 Å². The molecule has 0 heterocycles. The second kappa shape index (κ2) is 18.7. The van der Waals surface area contributed by atoms with Gasteiger partial charge in [-0.25, -0.2) is 0 Å². The molecule has 178 valence electrons. The Morgan fingerprint density at radius 2 is 1.67 bits per heavy atom. The Hall–Kier alpha value is -1.04. The van der Waals surface area contributed by atoms with Gasteiger partial charge in [-0.1, -0.05) is 66.5 Å². The number of hydrogen-bond acceptors (Lipinski definition) is 5. The molecule has 0 aliphatic heterocycles. The monoisotopic (exact) mass is 426 g/mol. The first-order valence-corrected chi connectivity index (χ1v) is 12.0. The molecule has 0 amide bonds. The standard InChI is InChI=1S/C25H50N2O3/c1-9-13-25(24(8)15-14-23(7)10-2)20-28-19-12-18-27(30-22(5)6)17-11-16-26-29-21(3)4/h23-26H,3,5,9-20H2,1-2,4,6-8H3. The third-order valence-electron chi connectivity index (χ3n) is 5.52. The van der Waals surface area contributed by atoms with Gasteiger partial charge in [-0.2, -0.15) is 5.48 Å². The van der Waals surface area contributed by atoms with Crippen molar-refractivity contribution in [1.82, 2.24) is 10.5 Å². The molecule has 0 bridgehead atoms. The zero-order valence-corrected chi connectivity index (χ0v) is 20.8. The van der Waals surface area contributed by atoms with Gasteiger partial charge in [-0.05, 0) is 50.9 Å². The molecule has 0 saturated heterocycles. The van der Waals surface area contributed by atoms with Crippen molar-refractivity contribution in [2.45, 2.75) is 86.5 Å². The van der Waals surface area contributed by atoms with E-state index in [9.17, 15) is 0 Å². The predicted molar refractivity (Wildman–Crippen MR) is 128 cm³/mol.